The highest BCUT2D eigenvalue weighted by atomic mass is 31.2. The van der Waals surface area contributed by atoms with E-state index in [0.29, 0.717) is 0 Å². The normalized spacial score (nSPS) is 21.3. The molecule has 1 aromatic rings. The first-order valence-electron chi connectivity index (χ1n) is 6.19. The summed E-state index contributed by atoms with van der Waals surface area (Å²) in [6, 6.07) is 10.2. The van der Waals surface area contributed by atoms with Crippen LogP contribution in [-0.2, 0) is 20.2 Å². The Bertz CT molecular complexity index is 416. The molecular weight excluding hydrogens is 249 g/mol. The fourth-order valence-electron chi connectivity index (χ4n) is 2.49. The van der Waals surface area contributed by atoms with E-state index in [0.717, 1.165) is 25.9 Å². The molecule has 1 aromatic carbocycles. The number of hydrogen-bond acceptors (Lipinski definition) is 4. The van der Waals surface area contributed by atoms with Crippen molar-refractivity contribution in [2.75, 3.05) is 20.8 Å². The van der Waals surface area contributed by atoms with Gasteiger partial charge < -0.3 is 9.05 Å². The van der Waals surface area contributed by atoms with E-state index >= 15 is 0 Å². The van der Waals surface area contributed by atoms with E-state index in [1.807, 2.05) is 18.2 Å². The predicted molar refractivity (Wildman–Crippen MR) is 71.5 cm³/mol. The van der Waals surface area contributed by atoms with Crippen molar-refractivity contribution in [2.45, 2.75) is 25.2 Å². The molecule has 1 heterocycles. The zero-order valence-electron chi connectivity index (χ0n) is 10.9. The Morgan fingerprint density at radius 3 is 2.56 bits per heavy atom. The molecule has 0 aromatic heterocycles. The minimum atomic E-state index is -3.00. The maximum absolute atomic E-state index is 12.5. The summed E-state index contributed by atoms with van der Waals surface area (Å²) in [5.74, 6) is -0.118. The zero-order chi connectivity index (χ0) is 13.0. The molecule has 0 spiro atoms. The van der Waals surface area contributed by atoms with E-state index in [4.69, 9.17) is 9.05 Å². The van der Waals surface area contributed by atoms with Crippen LogP contribution in [0.4, 0.5) is 0 Å². The average Bonchev–Trinajstić information content (AvgIpc) is 2.88. The van der Waals surface area contributed by atoms with Crippen LogP contribution in [-0.4, -0.2) is 31.4 Å². The van der Waals surface area contributed by atoms with Crippen LogP contribution >= 0.6 is 7.60 Å². The molecule has 0 bridgehead atoms. The van der Waals surface area contributed by atoms with Gasteiger partial charge in [-0.3, -0.25) is 9.46 Å². The third kappa shape index (κ3) is 2.83. The van der Waals surface area contributed by atoms with Crippen molar-refractivity contribution in [1.29, 1.82) is 0 Å². The summed E-state index contributed by atoms with van der Waals surface area (Å²) in [5, 5.41) is 0. The van der Waals surface area contributed by atoms with Gasteiger partial charge >= 0.3 is 7.60 Å². The smallest absolute Gasteiger partial charge is 0.311 e. The monoisotopic (exact) mass is 269 g/mol. The second-order valence-corrected chi connectivity index (χ2v) is 6.89. The largest absolute Gasteiger partial charge is 0.347 e. The van der Waals surface area contributed by atoms with Crippen molar-refractivity contribution in [3.05, 3.63) is 35.9 Å². The van der Waals surface area contributed by atoms with Crippen LogP contribution in [0.15, 0.2) is 30.3 Å². The van der Waals surface area contributed by atoms with Crippen LogP contribution in [0, 0.1) is 0 Å². The molecule has 100 valence electrons. The fourth-order valence-corrected chi connectivity index (χ4v) is 4.22. The van der Waals surface area contributed by atoms with E-state index in [1.54, 1.807) is 0 Å². The molecule has 0 saturated carbocycles. The summed E-state index contributed by atoms with van der Waals surface area (Å²) in [7, 11) is -0.0728. The van der Waals surface area contributed by atoms with E-state index < -0.39 is 7.60 Å². The van der Waals surface area contributed by atoms with E-state index in [9.17, 15) is 4.57 Å². The molecule has 0 amide bonds. The molecule has 1 aliphatic rings. The van der Waals surface area contributed by atoms with Gasteiger partial charge in [-0.15, -0.1) is 0 Å². The average molecular weight is 269 g/mol. The highest BCUT2D eigenvalue weighted by Gasteiger charge is 2.41. The Kier molecular flexibility index (Phi) is 4.57. The molecule has 1 atom stereocenters. The van der Waals surface area contributed by atoms with Crippen molar-refractivity contribution in [3.8, 4) is 0 Å². The minimum absolute atomic E-state index is 0.118. The second kappa shape index (κ2) is 5.98. The molecule has 18 heavy (non-hydrogen) atoms. The topological polar surface area (TPSA) is 38.8 Å². The first kappa shape index (κ1) is 13.8. The number of benzene rings is 1. The highest BCUT2D eigenvalue weighted by molar-refractivity contribution is 7.54. The maximum Gasteiger partial charge on any atom is 0.347 e. The van der Waals surface area contributed by atoms with Crippen molar-refractivity contribution in [2.24, 2.45) is 0 Å². The standard InChI is InChI=1S/C13H20NO3P/c1-16-18(15,17-2)13-9-6-10-14(13)11-12-7-4-3-5-8-12/h3-5,7-8,13H,6,9-11H2,1-2H3. The van der Waals surface area contributed by atoms with Gasteiger partial charge in [0.2, 0.25) is 0 Å². The van der Waals surface area contributed by atoms with Crippen LogP contribution < -0.4 is 0 Å². The van der Waals surface area contributed by atoms with Gasteiger partial charge in [-0.25, -0.2) is 0 Å². The summed E-state index contributed by atoms with van der Waals surface area (Å²) in [6.07, 6.45) is 1.90. The van der Waals surface area contributed by atoms with Gasteiger partial charge in [-0.05, 0) is 24.9 Å². The summed E-state index contributed by atoms with van der Waals surface area (Å²) in [6.45, 7) is 1.73. The summed E-state index contributed by atoms with van der Waals surface area (Å²) in [5.41, 5.74) is 1.23. The predicted octanol–water partition coefficient (Wildman–Crippen LogP) is 3.09. The SMILES string of the molecule is COP(=O)(OC)C1CCCN1Cc1ccccc1. The Balaban J connectivity index is 2.11. The molecule has 1 unspecified atom stereocenters. The molecule has 2 rings (SSSR count). The lowest BCUT2D eigenvalue weighted by Gasteiger charge is -2.29. The second-order valence-electron chi connectivity index (χ2n) is 4.48. The van der Waals surface area contributed by atoms with Gasteiger partial charge in [0.25, 0.3) is 0 Å². The Morgan fingerprint density at radius 2 is 1.94 bits per heavy atom. The van der Waals surface area contributed by atoms with Gasteiger partial charge in [-0.1, -0.05) is 30.3 Å². The van der Waals surface area contributed by atoms with Crippen LogP contribution in [0.5, 0.6) is 0 Å². The molecule has 1 fully saturated rings. The number of rotatable bonds is 5. The van der Waals surface area contributed by atoms with Crippen molar-refractivity contribution in [1.82, 2.24) is 4.90 Å². The lowest BCUT2D eigenvalue weighted by molar-refractivity contribution is 0.213. The van der Waals surface area contributed by atoms with E-state index in [-0.39, 0.29) is 5.78 Å². The van der Waals surface area contributed by atoms with Crippen molar-refractivity contribution in [3.63, 3.8) is 0 Å². The van der Waals surface area contributed by atoms with Crippen LogP contribution in [0.1, 0.15) is 18.4 Å². The van der Waals surface area contributed by atoms with Crippen molar-refractivity contribution < 1.29 is 13.6 Å². The van der Waals surface area contributed by atoms with Gasteiger partial charge in [0.05, 0.1) is 0 Å². The molecule has 1 aliphatic heterocycles. The quantitative estimate of drug-likeness (QED) is 0.770. The zero-order valence-corrected chi connectivity index (χ0v) is 11.8. The third-order valence-electron chi connectivity index (χ3n) is 3.43. The van der Waals surface area contributed by atoms with Crippen LogP contribution in [0.25, 0.3) is 0 Å². The molecular formula is C13H20NO3P. The first-order chi connectivity index (χ1) is 8.69. The minimum Gasteiger partial charge on any atom is -0.311 e. The van der Waals surface area contributed by atoms with Crippen molar-refractivity contribution >= 4 is 7.60 Å². The van der Waals surface area contributed by atoms with E-state index in [2.05, 4.69) is 17.0 Å². The first-order valence-corrected chi connectivity index (χ1v) is 7.80. The summed E-state index contributed by atoms with van der Waals surface area (Å²) >= 11 is 0. The lowest BCUT2D eigenvalue weighted by atomic mass is 10.2. The Morgan fingerprint density at radius 1 is 1.28 bits per heavy atom. The fraction of sp³-hybridized carbons (Fsp3) is 0.538. The van der Waals surface area contributed by atoms with E-state index in [1.165, 1.54) is 19.8 Å². The number of hydrogen-bond donors (Lipinski definition) is 0. The molecule has 0 N–H and O–H groups in total. The highest BCUT2D eigenvalue weighted by Crippen LogP contribution is 2.56. The van der Waals surface area contributed by atoms with Gasteiger partial charge in [-0.2, -0.15) is 0 Å². The third-order valence-corrected chi connectivity index (χ3v) is 5.76. The molecule has 4 nitrogen and oxygen atoms in total. The molecule has 1 saturated heterocycles. The molecule has 0 radical (unpaired) electrons. The maximum atomic E-state index is 12.5. The number of nitrogens with zero attached hydrogens (tertiary/aromatic N) is 1. The summed E-state index contributed by atoms with van der Waals surface area (Å²) < 4.78 is 22.7. The number of likely N-dealkylation sites (tertiary alicyclic amines) is 1. The molecule has 5 heteroatoms. The summed E-state index contributed by atoms with van der Waals surface area (Å²) in [4.78, 5) is 2.20. The Labute approximate surface area is 108 Å². The van der Waals surface area contributed by atoms with Gasteiger partial charge in [0, 0.05) is 20.8 Å². The van der Waals surface area contributed by atoms with Gasteiger partial charge in [0.1, 0.15) is 5.78 Å². The molecule has 0 aliphatic carbocycles. The van der Waals surface area contributed by atoms with Crippen LogP contribution in [0.2, 0.25) is 0 Å². The lowest BCUT2D eigenvalue weighted by Crippen LogP contribution is -2.29. The Hall–Kier alpha value is -0.670. The van der Waals surface area contributed by atoms with Gasteiger partial charge in [0.15, 0.2) is 0 Å². The van der Waals surface area contributed by atoms with Crippen LogP contribution in [0.3, 0.4) is 0 Å².